The number of thiazole rings is 1. The van der Waals surface area contributed by atoms with Crippen LogP contribution in [0.1, 0.15) is 10.4 Å². The van der Waals surface area contributed by atoms with Crippen molar-refractivity contribution in [2.45, 2.75) is 0 Å². The van der Waals surface area contributed by atoms with Crippen LogP contribution in [-0.4, -0.2) is 35.9 Å². The van der Waals surface area contributed by atoms with Gasteiger partial charge in [0.25, 0.3) is 11.5 Å². The maximum atomic E-state index is 13.5. The molecule has 3 aromatic heterocycles. The quantitative estimate of drug-likeness (QED) is 0.556. The summed E-state index contributed by atoms with van der Waals surface area (Å²) in [6, 6.07) is 1.86. The van der Waals surface area contributed by atoms with Crippen LogP contribution < -0.4 is 10.9 Å². The molecule has 0 saturated carbocycles. The van der Waals surface area contributed by atoms with Crippen LogP contribution in [0.15, 0.2) is 23.1 Å². The first kappa shape index (κ1) is 14.3. The predicted octanol–water partition coefficient (Wildman–Crippen LogP) is 0.953. The van der Waals surface area contributed by atoms with Crippen LogP contribution in [0.4, 0.5) is 14.7 Å². The van der Waals surface area contributed by atoms with Crippen molar-refractivity contribution in [1.82, 2.24) is 30.0 Å². The van der Waals surface area contributed by atoms with Gasteiger partial charge in [-0.2, -0.15) is 0 Å². The Morgan fingerprint density at radius 2 is 2.08 bits per heavy atom. The van der Waals surface area contributed by atoms with Crippen molar-refractivity contribution in [2.24, 2.45) is 0 Å². The second-order valence-electron chi connectivity index (χ2n) is 4.64. The highest BCUT2D eigenvalue weighted by Gasteiger charge is 2.18. The van der Waals surface area contributed by atoms with E-state index in [1.54, 1.807) is 0 Å². The maximum absolute atomic E-state index is 13.5. The molecule has 24 heavy (non-hydrogen) atoms. The van der Waals surface area contributed by atoms with Crippen LogP contribution in [0.3, 0.4) is 0 Å². The molecule has 120 valence electrons. The molecule has 3 heterocycles. The summed E-state index contributed by atoms with van der Waals surface area (Å²) in [5.41, 5.74) is -0.891. The molecule has 9 nitrogen and oxygen atoms in total. The van der Waals surface area contributed by atoms with Crippen molar-refractivity contribution in [1.29, 1.82) is 0 Å². The Bertz CT molecular complexity index is 1150. The molecule has 12 heteroatoms. The van der Waals surface area contributed by atoms with Crippen LogP contribution >= 0.6 is 11.3 Å². The number of carbonyl (C=O) groups excluding carboxylic acids is 1. The first-order valence-corrected chi connectivity index (χ1v) is 7.20. The smallest absolute Gasteiger partial charge is 0.271 e. The number of aromatic amines is 1. The van der Waals surface area contributed by atoms with Crippen molar-refractivity contribution in [3.05, 3.63) is 45.9 Å². The Balaban J connectivity index is 1.91. The summed E-state index contributed by atoms with van der Waals surface area (Å²) < 4.78 is 28.2. The van der Waals surface area contributed by atoms with Gasteiger partial charge < -0.3 is 0 Å². The van der Waals surface area contributed by atoms with Crippen molar-refractivity contribution < 1.29 is 13.6 Å². The summed E-state index contributed by atoms with van der Waals surface area (Å²) in [7, 11) is 0. The third-order valence-corrected chi connectivity index (χ3v) is 4.21. The van der Waals surface area contributed by atoms with Gasteiger partial charge in [-0.1, -0.05) is 16.4 Å². The van der Waals surface area contributed by atoms with Crippen LogP contribution in [-0.2, 0) is 0 Å². The Hall–Kier alpha value is -3.28. The van der Waals surface area contributed by atoms with Gasteiger partial charge in [0.1, 0.15) is 5.56 Å². The number of aromatic nitrogens is 6. The van der Waals surface area contributed by atoms with E-state index in [0.29, 0.717) is 4.70 Å². The molecule has 2 N–H and O–H groups in total. The van der Waals surface area contributed by atoms with Gasteiger partial charge in [0.15, 0.2) is 16.6 Å². The number of tetrazole rings is 1. The number of fused-ring (bicyclic) bond motifs is 3. The van der Waals surface area contributed by atoms with Crippen molar-refractivity contribution >= 4 is 38.4 Å². The number of hydrogen-bond donors (Lipinski definition) is 2. The number of nitrogens with one attached hydrogen (secondary N) is 2. The number of amides is 1. The van der Waals surface area contributed by atoms with E-state index in [2.05, 4.69) is 30.9 Å². The van der Waals surface area contributed by atoms with Gasteiger partial charge in [0, 0.05) is 12.3 Å². The third kappa shape index (κ3) is 2.11. The van der Waals surface area contributed by atoms with Crippen LogP contribution in [0, 0.1) is 11.6 Å². The maximum Gasteiger partial charge on any atom is 0.271 e. The largest absolute Gasteiger partial charge is 0.289 e. The molecule has 1 aromatic carbocycles. The zero-order valence-corrected chi connectivity index (χ0v) is 12.3. The van der Waals surface area contributed by atoms with E-state index in [0.717, 1.165) is 34.1 Å². The van der Waals surface area contributed by atoms with Crippen LogP contribution in [0.2, 0.25) is 0 Å². The molecule has 0 atom stereocenters. The number of rotatable bonds is 2. The molecule has 0 aliphatic heterocycles. The fourth-order valence-electron chi connectivity index (χ4n) is 2.14. The topological polar surface area (TPSA) is 118 Å². The normalized spacial score (nSPS) is 11.2. The molecule has 0 bridgehead atoms. The number of H-pyrrole nitrogens is 1. The first-order valence-electron chi connectivity index (χ1n) is 6.39. The molecule has 4 rings (SSSR count). The summed E-state index contributed by atoms with van der Waals surface area (Å²) in [5.74, 6) is -2.97. The van der Waals surface area contributed by atoms with E-state index in [1.807, 2.05) is 0 Å². The summed E-state index contributed by atoms with van der Waals surface area (Å²) >= 11 is 0.999. The highest BCUT2D eigenvalue weighted by Crippen LogP contribution is 2.26. The number of anilines is 1. The second kappa shape index (κ2) is 5.13. The molecule has 4 aromatic rings. The monoisotopic (exact) mass is 349 g/mol. The van der Waals surface area contributed by atoms with Gasteiger partial charge in [0.2, 0.25) is 5.95 Å². The average Bonchev–Trinajstić information content (AvgIpc) is 3.16. The third-order valence-electron chi connectivity index (χ3n) is 3.19. The van der Waals surface area contributed by atoms with E-state index in [1.165, 1.54) is 0 Å². The molecule has 0 unspecified atom stereocenters. The van der Waals surface area contributed by atoms with E-state index >= 15 is 0 Å². The van der Waals surface area contributed by atoms with Gasteiger partial charge in [-0.15, -0.1) is 0 Å². The minimum Gasteiger partial charge on any atom is -0.289 e. The molecule has 0 saturated heterocycles. The minimum atomic E-state index is -1.10. The van der Waals surface area contributed by atoms with E-state index in [9.17, 15) is 18.4 Å². The van der Waals surface area contributed by atoms with Crippen molar-refractivity contribution in [3.8, 4) is 0 Å². The van der Waals surface area contributed by atoms with Gasteiger partial charge in [0.05, 0.1) is 10.2 Å². The lowest BCUT2D eigenvalue weighted by molar-refractivity contribution is 0.102. The fourth-order valence-corrected chi connectivity index (χ4v) is 3.13. The molecular formula is C12H5F2N7O2S. The molecule has 0 aliphatic carbocycles. The molecule has 0 radical (unpaired) electrons. The van der Waals surface area contributed by atoms with Crippen molar-refractivity contribution in [2.75, 3.05) is 5.32 Å². The summed E-state index contributed by atoms with van der Waals surface area (Å²) in [6.07, 6.45) is 1.08. The standard InChI is InChI=1S/C12H5F2N7O2S/c13-5-1-7-8(2-6(5)14)24-12-15-3-4(10(23)21(7)12)9(22)16-11-17-19-20-18-11/h1-3H,(H2,16,17,18,19,20,22). The van der Waals surface area contributed by atoms with Gasteiger partial charge >= 0.3 is 0 Å². The predicted molar refractivity (Wildman–Crippen MR) is 78.9 cm³/mol. The summed E-state index contributed by atoms with van der Waals surface area (Å²) in [6.45, 7) is 0. The number of hydrogen-bond acceptors (Lipinski definition) is 7. The SMILES string of the molecule is O=C(Nc1nnn[nH]1)c1cnc2sc3cc(F)c(F)cc3n2c1=O. The Morgan fingerprint density at radius 3 is 2.83 bits per heavy atom. The lowest BCUT2D eigenvalue weighted by atomic mass is 10.3. The van der Waals surface area contributed by atoms with Gasteiger partial charge in [-0.25, -0.2) is 18.9 Å². The first-order chi connectivity index (χ1) is 11.5. The Labute approximate surface area is 134 Å². The van der Waals surface area contributed by atoms with E-state index < -0.39 is 23.1 Å². The lowest BCUT2D eigenvalue weighted by Crippen LogP contribution is -2.26. The van der Waals surface area contributed by atoms with E-state index in [4.69, 9.17) is 0 Å². The van der Waals surface area contributed by atoms with Crippen LogP contribution in [0.5, 0.6) is 0 Å². The zero-order chi connectivity index (χ0) is 16.8. The number of nitrogens with zero attached hydrogens (tertiary/aromatic N) is 5. The minimum absolute atomic E-state index is 0.0483. The van der Waals surface area contributed by atoms with Gasteiger partial charge in [-0.3, -0.25) is 19.3 Å². The number of halogens is 2. The molecular weight excluding hydrogens is 344 g/mol. The van der Waals surface area contributed by atoms with Crippen LogP contribution in [0.25, 0.3) is 15.2 Å². The fraction of sp³-hybridized carbons (Fsp3) is 0. The van der Waals surface area contributed by atoms with Gasteiger partial charge in [-0.05, 0) is 16.5 Å². The molecule has 0 spiro atoms. The lowest BCUT2D eigenvalue weighted by Gasteiger charge is -2.01. The number of benzene rings is 1. The highest BCUT2D eigenvalue weighted by atomic mass is 32.1. The zero-order valence-electron chi connectivity index (χ0n) is 11.4. The Morgan fingerprint density at radius 1 is 1.29 bits per heavy atom. The highest BCUT2D eigenvalue weighted by molar-refractivity contribution is 7.23. The molecule has 0 fully saturated rings. The number of carbonyl (C=O) groups is 1. The molecule has 0 aliphatic rings. The average molecular weight is 349 g/mol. The van der Waals surface area contributed by atoms with Crippen molar-refractivity contribution in [3.63, 3.8) is 0 Å². The van der Waals surface area contributed by atoms with E-state index in [-0.39, 0.29) is 22.0 Å². The Kier molecular flexibility index (Phi) is 3.06. The summed E-state index contributed by atoms with van der Waals surface area (Å²) in [5, 5.41) is 14.6. The second-order valence-corrected chi connectivity index (χ2v) is 5.64. The summed E-state index contributed by atoms with van der Waals surface area (Å²) in [4.78, 5) is 28.9. The molecule has 1 amide bonds.